The third-order valence-electron chi connectivity index (χ3n) is 2.73. The van der Waals surface area contributed by atoms with Crippen LogP contribution < -0.4 is 15.2 Å². The van der Waals surface area contributed by atoms with Crippen molar-refractivity contribution in [2.75, 3.05) is 7.11 Å². The van der Waals surface area contributed by atoms with Gasteiger partial charge in [0.25, 0.3) is 0 Å². The summed E-state index contributed by atoms with van der Waals surface area (Å²) in [5, 5.41) is 1.96. The van der Waals surface area contributed by atoms with Gasteiger partial charge in [-0.15, -0.1) is 11.3 Å². The third-order valence-corrected chi connectivity index (χ3v) is 3.72. The lowest BCUT2D eigenvalue weighted by Gasteiger charge is -2.14. The van der Waals surface area contributed by atoms with Gasteiger partial charge in [-0.3, -0.25) is 0 Å². The average Bonchev–Trinajstić information content (AvgIpc) is 2.86. The monoisotopic (exact) mass is 277 g/mol. The van der Waals surface area contributed by atoms with Gasteiger partial charge in [0, 0.05) is 10.3 Å². The molecular weight excluding hydrogens is 258 g/mol. The topological polar surface area (TPSA) is 44.5 Å². The van der Waals surface area contributed by atoms with E-state index in [0.29, 0.717) is 0 Å². The fourth-order valence-corrected chi connectivity index (χ4v) is 2.71. The van der Waals surface area contributed by atoms with E-state index in [4.69, 9.17) is 15.2 Å². The maximum atomic E-state index is 6.28. The van der Waals surface area contributed by atoms with E-state index in [2.05, 4.69) is 0 Å². The van der Waals surface area contributed by atoms with Gasteiger partial charge in [0.1, 0.15) is 11.5 Å². The number of nitrogens with two attached hydrogens (primary N) is 1. The van der Waals surface area contributed by atoms with Gasteiger partial charge in [-0.25, -0.2) is 0 Å². The van der Waals surface area contributed by atoms with Crippen molar-refractivity contribution in [3.63, 3.8) is 0 Å². The Labute approximate surface area is 118 Å². The standard InChI is InChI=1S/C15H19NO2S/c1-10(2)18-12-6-4-5-11(7-12)15(16)14-8-13(17-3)9-19-14/h4-10,15H,16H2,1-3H3. The van der Waals surface area contributed by atoms with Crippen molar-refractivity contribution in [1.29, 1.82) is 0 Å². The van der Waals surface area contributed by atoms with E-state index in [-0.39, 0.29) is 12.1 Å². The van der Waals surface area contributed by atoms with Crippen LogP contribution in [0.3, 0.4) is 0 Å². The van der Waals surface area contributed by atoms with E-state index in [9.17, 15) is 0 Å². The summed E-state index contributed by atoms with van der Waals surface area (Å²) >= 11 is 1.61. The summed E-state index contributed by atoms with van der Waals surface area (Å²) in [5.74, 6) is 1.71. The number of benzene rings is 1. The van der Waals surface area contributed by atoms with Crippen molar-refractivity contribution in [2.45, 2.75) is 26.0 Å². The van der Waals surface area contributed by atoms with Crippen LogP contribution in [0.1, 0.15) is 30.3 Å². The molecule has 1 aromatic heterocycles. The van der Waals surface area contributed by atoms with Crippen molar-refractivity contribution in [2.24, 2.45) is 5.73 Å². The highest BCUT2D eigenvalue weighted by atomic mass is 32.1. The van der Waals surface area contributed by atoms with E-state index < -0.39 is 0 Å². The van der Waals surface area contributed by atoms with E-state index in [1.165, 1.54) is 0 Å². The first-order chi connectivity index (χ1) is 9.10. The molecule has 102 valence electrons. The zero-order chi connectivity index (χ0) is 13.8. The molecule has 0 saturated heterocycles. The van der Waals surface area contributed by atoms with Crippen molar-refractivity contribution in [3.8, 4) is 11.5 Å². The molecule has 0 amide bonds. The average molecular weight is 277 g/mol. The molecule has 1 unspecified atom stereocenters. The molecule has 3 nitrogen and oxygen atoms in total. The van der Waals surface area contributed by atoms with Crippen LogP contribution in [-0.4, -0.2) is 13.2 Å². The SMILES string of the molecule is COc1csc(C(N)c2cccc(OC(C)C)c2)c1. The Kier molecular flexibility index (Phi) is 4.45. The van der Waals surface area contributed by atoms with Crippen LogP contribution >= 0.6 is 11.3 Å². The minimum absolute atomic E-state index is 0.149. The van der Waals surface area contributed by atoms with Crippen LogP contribution in [0.25, 0.3) is 0 Å². The van der Waals surface area contributed by atoms with Gasteiger partial charge in [-0.05, 0) is 37.6 Å². The van der Waals surface area contributed by atoms with Crippen LogP contribution in [0.2, 0.25) is 0 Å². The molecule has 1 heterocycles. The third kappa shape index (κ3) is 3.49. The minimum atomic E-state index is -0.149. The predicted molar refractivity (Wildman–Crippen MR) is 79.1 cm³/mol. The number of hydrogen-bond acceptors (Lipinski definition) is 4. The normalized spacial score (nSPS) is 12.5. The molecule has 4 heteroatoms. The zero-order valence-electron chi connectivity index (χ0n) is 11.4. The smallest absolute Gasteiger partial charge is 0.129 e. The van der Waals surface area contributed by atoms with Crippen LogP contribution in [0.4, 0.5) is 0 Å². The Morgan fingerprint density at radius 2 is 1.95 bits per heavy atom. The van der Waals surface area contributed by atoms with Crippen LogP contribution in [-0.2, 0) is 0 Å². The fraction of sp³-hybridized carbons (Fsp3) is 0.333. The zero-order valence-corrected chi connectivity index (χ0v) is 12.2. The van der Waals surface area contributed by atoms with Crippen LogP contribution in [0.15, 0.2) is 35.7 Å². The molecule has 0 fully saturated rings. The molecule has 0 aliphatic carbocycles. The predicted octanol–water partition coefficient (Wildman–Crippen LogP) is 3.59. The quantitative estimate of drug-likeness (QED) is 0.908. The van der Waals surface area contributed by atoms with Gasteiger partial charge >= 0.3 is 0 Å². The van der Waals surface area contributed by atoms with Crippen molar-refractivity contribution >= 4 is 11.3 Å². The summed E-state index contributed by atoms with van der Waals surface area (Å²) in [7, 11) is 1.66. The van der Waals surface area contributed by atoms with Gasteiger partial charge in [0.15, 0.2) is 0 Å². The molecule has 0 radical (unpaired) electrons. The molecule has 0 spiro atoms. The minimum Gasteiger partial charge on any atom is -0.496 e. The fourth-order valence-electron chi connectivity index (χ4n) is 1.82. The van der Waals surface area contributed by atoms with E-state index in [0.717, 1.165) is 21.9 Å². The van der Waals surface area contributed by atoms with Crippen LogP contribution in [0, 0.1) is 0 Å². The van der Waals surface area contributed by atoms with E-state index in [1.807, 2.05) is 49.6 Å². The van der Waals surface area contributed by atoms with Gasteiger partial charge < -0.3 is 15.2 Å². The lowest BCUT2D eigenvalue weighted by Crippen LogP contribution is -2.11. The second kappa shape index (κ2) is 6.08. The summed E-state index contributed by atoms with van der Waals surface area (Å²) in [6.45, 7) is 4.02. The Bertz CT molecular complexity index is 536. The van der Waals surface area contributed by atoms with Crippen molar-refractivity contribution in [3.05, 3.63) is 46.2 Å². The highest BCUT2D eigenvalue weighted by Crippen LogP contribution is 2.30. The number of ether oxygens (including phenoxy) is 2. The van der Waals surface area contributed by atoms with Crippen molar-refractivity contribution < 1.29 is 9.47 Å². The molecule has 0 aliphatic rings. The first kappa shape index (κ1) is 13.9. The van der Waals surface area contributed by atoms with Crippen molar-refractivity contribution in [1.82, 2.24) is 0 Å². The molecular formula is C15H19NO2S. The Morgan fingerprint density at radius 3 is 2.58 bits per heavy atom. The molecule has 2 N–H and O–H groups in total. The van der Waals surface area contributed by atoms with E-state index in [1.54, 1.807) is 18.4 Å². The summed E-state index contributed by atoms with van der Waals surface area (Å²) in [6.07, 6.45) is 0.160. The number of thiophene rings is 1. The summed E-state index contributed by atoms with van der Waals surface area (Å²) in [5.41, 5.74) is 7.33. The summed E-state index contributed by atoms with van der Waals surface area (Å²) in [4.78, 5) is 1.08. The molecule has 0 aliphatic heterocycles. The highest BCUT2D eigenvalue weighted by molar-refractivity contribution is 7.10. The highest BCUT2D eigenvalue weighted by Gasteiger charge is 2.13. The molecule has 0 bridgehead atoms. The molecule has 0 saturated carbocycles. The number of hydrogen-bond donors (Lipinski definition) is 1. The Morgan fingerprint density at radius 1 is 1.16 bits per heavy atom. The lowest BCUT2D eigenvalue weighted by atomic mass is 10.1. The summed E-state index contributed by atoms with van der Waals surface area (Å²) in [6, 6.07) is 9.76. The van der Waals surface area contributed by atoms with Gasteiger partial charge in [-0.1, -0.05) is 12.1 Å². The number of rotatable bonds is 5. The second-order valence-corrected chi connectivity index (χ2v) is 5.55. The second-order valence-electron chi connectivity index (χ2n) is 4.61. The first-order valence-electron chi connectivity index (χ1n) is 6.24. The molecule has 1 atom stereocenters. The van der Waals surface area contributed by atoms with Gasteiger partial charge in [0.05, 0.1) is 19.3 Å². The largest absolute Gasteiger partial charge is 0.496 e. The maximum absolute atomic E-state index is 6.28. The Hall–Kier alpha value is -1.52. The van der Waals surface area contributed by atoms with Gasteiger partial charge in [-0.2, -0.15) is 0 Å². The van der Waals surface area contributed by atoms with Crippen LogP contribution in [0.5, 0.6) is 11.5 Å². The molecule has 2 rings (SSSR count). The maximum Gasteiger partial charge on any atom is 0.129 e. The lowest BCUT2D eigenvalue weighted by molar-refractivity contribution is 0.242. The Balaban J connectivity index is 2.20. The molecule has 1 aromatic carbocycles. The van der Waals surface area contributed by atoms with Gasteiger partial charge in [0.2, 0.25) is 0 Å². The molecule has 2 aromatic rings. The number of methoxy groups -OCH3 is 1. The van der Waals surface area contributed by atoms with E-state index >= 15 is 0 Å². The summed E-state index contributed by atoms with van der Waals surface area (Å²) < 4.78 is 10.9. The molecule has 19 heavy (non-hydrogen) atoms. The first-order valence-corrected chi connectivity index (χ1v) is 7.12.